The van der Waals surface area contributed by atoms with Crippen molar-refractivity contribution in [2.75, 3.05) is 0 Å². The van der Waals surface area contributed by atoms with E-state index in [1.165, 1.54) is 11.1 Å². The fourth-order valence-corrected chi connectivity index (χ4v) is 3.24. The van der Waals surface area contributed by atoms with E-state index in [0.29, 0.717) is 12.0 Å². The van der Waals surface area contributed by atoms with Crippen LogP contribution in [0.15, 0.2) is 36.5 Å². The second-order valence-electron chi connectivity index (χ2n) is 5.65. The van der Waals surface area contributed by atoms with Gasteiger partial charge >= 0.3 is 0 Å². The van der Waals surface area contributed by atoms with Crippen LogP contribution in [0.4, 0.5) is 0 Å². The summed E-state index contributed by atoms with van der Waals surface area (Å²) in [5.41, 5.74) is 3.85. The van der Waals surface area contributed by atoms with Gasteiger partial charge in [0, 0.05) is 12.2 Å². The van der Waals surface area contributed by atoms with Gasteiger partial charge in [0.05, 0.1) is 11.1 Å². The predicted octanol–water partition coefficient (Wildman–Crippen LogP) is 4.16. The topological polar surface area (TPSA) is 17.8 Å². The van der Waals surface area contributed by atoms with Crippen molar-refractivity contribution in [3.05, 3.63) is 53.3 Å². The minimum atomic E-state index is 0.125. The number of fused-ring (bicyclic) bond motifs is 1. The quantitative estimate of drug-likeness (QED) is 0.769. The smallest absolute Gasteiger partial charge is 0.0628 e. The average Bonchev–Trinajstić information content (AvgIpc) is 2.97. The summed E-state index contributed by atoms with van der Waals surface area (Å²) in [6.45, 7) is 4.29. The molecule has 2 unspecified atom stereocenters. The van der Waals surface area contributed by atoms with Gasteiger partial charge in [-0.3, -0.25) is 4.68 Å². The molecule has 0 saturated heterocycles. The van der Waals surface area contributed by atoms with E-state index in [0.717, 1.165) is 18.5 Å². The normalized spacial score (nSPS) is 21.9. The Hall–Kier alpha value is -1.28. The highest BCUT2D eigenvalue weighted by Gasteiger charge is 2.31. The highest BCUT2D eigenvalue weighted by atomic mass is 35.5. The molecule has 1 aliphatic rings. The molecule has 1 aromatic heterocycles. The van der Waals surface area contributed by atoms with Crippen LogP contribution in [0.3, 0.4) is 0 Å². The summed E-state index contributed by atoms with van der Waals surface area (Å²) in [5.74, 6) is 0.467. The first-order valence-electron chi connectivity index (χ1n) is 6.91. The van der Waals surface area contributed by atoms with Gasteiger partial charge in [-0.25, -0.2) is 0 Å². The Labute approximate surface area is 119 Å². The van der Waals surface area contributed by atoms with Crippen molar-refractivity contribution in [3.63, 3.8) is 0 Å². The summed E-state index contributed by atoms with van der Waals surface area (Å²) in [6.07, 6.45) is 4.09. The number of aromatic nitrogens is 2. The molecule has 0 radical (unpaired) electrons. The Kier molecular flexibility index (Phi) is 3.36. The molecule has 1 aliphatic carbocycles. The molecule has 0 aliphatic heterocycles. The van der Waals surface area contributed by atoms with Gasteiger partial charge in [0.2, 0.25) is 0 Å². The Bertz CT molecular complexity index is 574. The first-order chi connectivity index (χ1) is 9.15. The van der Waals surface area contributed by atoms with Crippen LogP contribution in [0.2, 0.25) is 0 Å². The first kappa shape index (κ1) is 12.7. The summed E-state index contributed by atoms with van der Waals surface area (Å²) in [7, 11) is 0. The van der Waals surface area contributed by atoms with E-state index in [1.54, 1.807) is 0 Å². The lowest BCUT2D eigenvalue weighted by atomic mass is 10.00. The van der Waals surface area contributed by atoms with E-state index in [-0.39, 0.29) is 5.38 Å². The predicted molar refractivity (Wildman–Crippen MR) is 78.5 cm³/mol. The molecule has 2 aromatic rings. The van der Waals surface area contributed by atoms with Crippen LogP contribution >= 0.6 is 11.6 Å². The largest absolute Gasteiger partial charge is 0.270 e. The molecule has 2 nitrogen and oxygen atoms in total. The highest BCUT2D eigenvalue weighted by Crippen LogP contribution is 2.42. The van der Waals surface area contributed by atoms with Crippen LogP contribution < -0.4 is 0 Å². The third-order valence-electron chi connectivity index (χ3n) is 3.91. The van der Waals surface area contributed by atoms with Crippen molar-refractivity contribution in [2.24, 2.45) is 5.92 Å². The number of rotatable bonds is 3. The zero-order valence-corrected chi connectivity index (χ0v) is 12.1. The molecular weight excluding hydrogens is 256 g/mol. The van der Waals surface area contributed by atoms with Crippen molar-refractivity contribution in [2.45, 2.75) is 38.1 Å². The maximum absolute atomic E-state index is 6.59. The molecule has 0 bridgehead atoms. The fraction of sp³-hybridized carbons (Fsp3) is 0.438. The number of alkyl halides is 1. The molecule has 2 atom stereocenters. The summed E-state index contributed by atoms with van der Waals surface area (Å²) in [6, 6.07) is 11.0. The zero-order valence-electron chi connectivity index (χ0n) is 11.4. The molecule has 0 saturated carbocycles. The first-order valence-corrected chi connectivity index (χ1v) is 7.34. The molecule has 0 amide bonds. The SMILES string of the molecule is CC(C)n1ccc(CC2Cc3ccccc3C2Cl)n1. The fourth-order valence-electron chi connectivity index (χ4n) is 2.85. The molecule has 3 heteroatoms. The third kappa shape index (κ3) is 2.42. The van der Waals surface area contributed by atoms with Gasteiger partial charge in [0.15, 0.2) is 0 Å². The minimum Gasteiger partial charge on any atom is -0.270 e. The summed E-state index contributed by atoms with van der Waals surface area (Å²) < 4.78 is 2.01. The Balaban J connectivity index is 1.75. The van der Waals surface area contributed by atoms with E-state index < -0.39 is 0 Å². The summed E-state index contributed by atoms with van der Waals surface area (Å²) in [4.78, 5) is 0. The Morgan fingerprint density at radius 3 is 2.79 bits per heavy atom. The molecule has 3 rings (SSSR count). The van der Waals surface area contributed by atoms with Crippen LogP contribution in [-0.4, -0.2) is 9.78 Å². The second-order valence-corrected chi connectivity index (χ2v) is 6.12. The minimum absolute atomic E-state index is 0.125. The van der Waals surface area contributed by atoms with Crippen LogP contribution in [0.1, 0.15) is 42.1 Å². The maximum Gasteiger partial charge on any atom is 0.0628 e. The molecule has 0 spiro atoms. The lowest BCUT2D eigenvalue weighted by Crippen LogP contribution is -2.08. The van der Waals surface area contributed by atoms with E-state index in [9.17, 15) is 0 Å². The number of hydrogen-bond donors (Lipinski definition) is 0. The van der Waals surface area contributed by atoms with Gasteiger partial charge in [-0.15, -0.1) is 11.6 Å². The van der Waals surface area contributed by atoms with Crippen molar-refractivity contribution in [3.8, 4) is 0 Å². The highest BCUT2D eigenvalue weighted by molar-refractivity contribution is 6.21. The molecule has 1 heterocycles. The monoisotopic (exact) mass is 274 g/mol. The van der Waals surface area contributed by atoms with Crippen molar-refractivity contribution < 1.29 is 0 Å². The number of nitrogens with zero attached hydrogens (tertiary/aromatic N) is 2. The molecule has 1 aromatic carbocycles. The van der Waals surface area contributed by atoms with Crippen LogP contribution in [-0.2, 0) is 12.8 Å². The Morgan fingerprint density at radius 2 is 2.11 bits per heavy atom. The van der Waals surface area contributed by atoms with Gasteiger partial charge in [-0.2, -0.15) is 5.10 Å². The lowest BCUT2D eigenvalue weighted by molar-refractivity contribution is 0.500. The van der Waals surface area contributed by atoms with Gasteiger partial charge in [0.25, 0.3) is 0 Å². The lowest BCUT2D eigenvalue weighted by Gasteiger charge is -2.12. The molecule has 100 valence electrons. The molecular formula is C16H19ClN2. The van der Waals surface area contributed by atoms with Crippen LogP contribution in [0, 0.1) is 5.92 Å². The van der Waals surface area contributed by atoms with Crippen LogP contribution in [0.25, 0.3) is 0 Å². The van der Waals surface area contributed by atoms with Crippen molar-refractivity contribution in [1.82, 2.24) is 9.78 Å². The average molecular weight is 275 g/mol. The summed E-state index contributed by atoms with van der Waals surface area (Å²) >= 11 is 6.59. The molecule has 19 heavy (non-hydrogen) atoms. The van der Waals surface area contributed by atoms with Crippen LogP contribution in [0.5, 0.6) is 0 Å². The van der Waals surface area contributed by atoms with Crippen molar-refractivity contribution >= 4 is 11.6 Å². The van der Waals surface area contributed by atoms with Gasteiger partial charge in [0.1, 0.15) is 0 Å². The van der Waals surface area contributed by atoms with E-state index >= 15 is 0 Å². The Morgan fingerprint density at radius 1 is 1.32 bits per heavy atom. The van der Waals surface area contributed by atoms with E-state index in [2.05, 4.69) is 55.5 Å². The zero-order chi connectivity index (χ0) is 13.4. The third-order valence-corrected chi connectivity index (χ3v) is 4.50. The number of halogens is 1. The molecule has 0 N–H and O–H groups in total. The summed E-state index contributed by atoms with van der Waals surface area (Å²) in [5, 5.41) is 4.75. The van der Waals surface area contributed by atoms with Gasteiger partial charge in [-0.05, 0) is 49.8 Å². The van der Waals surface area contributed by atoms with Gasteiger partial charge < -0.3 is 0 Å². The maximum atomic E-state index is 6.59. The van der Waals surface area contributed by atoms with Gasteiger partial charge in [-0.1, -0.05) is 24.3 Å². The second kappa shape index (κ2) is 5.01. The number of benzene rings is 1. The standard InChI is InChI=1S/C16H19ClN2/c1-11(2)19-8-7-14(18-19)10-13-9-12-5-3-4-6-15(12)16(13)17/h3-8,11,13,16H,9-10H2,1-2H3. The number of hydrogen-bond acceptors (Lipinski definition) is 1. The van der Waals surface area contributed by atoms with E-state index in [4.69, 9.17) is 11.6 Å². The van der Waals surface area contributed by atoms with E-state index in [1.807, 2.05) is 4.68 Å². The van der Waals surface area contributed by atoms with Crippen molar-refractivity contribution in [1.29, 1.82) is 0 Å². The molecule has 0 fully saturated rings.